The molecule has 172 valence electrons. The van der Waals surface area contributed by atoms with Crippen molar-refractivity contribution in [3.8, 4) is 11.1 Å². The number of carboxylic acids is 1. The van der Waals surface area contributed by atoms with Gasteiger partial charge in [0.2, 0.25) is 5.91 Å². The second-order valence-electron chi connectivity index (χ2n) is 9.46. The van der Waals surface area contributed by atoms with Gasteiger partial charge in [0.15, 0.2) is 0 Å². The predicted octanol–water partition coefficient (Wildman–Crippen LogP) is 3.77. The Morgan fingerprint density at radius 3 is 2.27 bits per heavy atom. The van der Waals surface area contributed by atoms with E-state index in [1.165, 1.54) is 4.90 Å². The van der Waals surface area contributed by atoms with Crippen molar-refractivity contribution in [2.24, 2.45) is 5.92 Å². The number of carboxylic acid groups (broad SMARTS) is 1. The number of ether oxygens (including phenoxy) is 1. The number of nitrogens with one attached hydrogen (secondary N) is 1. The fourth-order valence-corrected chi connectivity index (χ4v) is 5.28. The summed E-state index contributed by atoms with van der Waals surface area (Å²) in [6.07, 6.45) is 2.07. The largest absolute Gasteiger partial charge is 0.480 e. The number of nitrogens with zero attached hydrogens (tertiary/aromatic N) is 1. The molecule has 1 aliphatic heterocycles. The molecule has 1 unspecified atom stereocenters. The number of hydrogen-bond donors (Lipinski definition) is 2. The van der Waals surface area contributed by atoms with Crippen LogP contribution >= 0.6 is 0 Å². The second-order valence-corrected chi connectivity index (χ2v) is 9.46. The average Bonchev–Trinajstić information content (AvgIpc) is 3.50. The number of carbonyl (C=O) groups is 3. The van der Waals surface area contributed by atoms with E-state index in [1.807, 2.05) is 24.3 Å². The zero-order chi connectivity index (χ0) is 23.2. The summed E-state index contributed by atoms with van der Waals surface area (Å²) in [5.41, 5.74) is 3.31. The summed E-state index contributed by atoms with van der Waals surface area (Å²) < 4.78 is 5.62. The van der Waals surface area contributed by atoms with Crippen LogP contribution in [0.2, 0.25) is 0 Å². The number of benzene rings is 2. The van der Waals surface area contributed by atoms with E-state index in [0.29, 0.717) is 19.4 Å². The highest BCUT2D eigenvalue weighted by Gasteiger charge is 2.50. The first-order chi connectivity index (χ1) is 15.9. The molecule has 2 aromatic carbocycles. The number of amides is 2. The molecule has 2 fully saturated rings. The number of alkyl carbamates (subject to hydrolysis) is 1. The molecule has 2 aromatic rings. The molecule has 0 bridgehead atoms. The molecule has 0 spiro atoms. The summed E-state index contributed by atoms with van der Waals surface area (Å²) in [7, 11) is 0. The maximum Gasteiger partial charge on any atom is 0.407 e. The maximum atomic E-state index is 13.3. The Morgan fingerprint density at radius 1 is 1.09 bits per heavy atom. The Labute approximate surface area is 192 Å². The third kappa shape index (κ3) is 3.75. The van der Waals surface area contributed by atoms with E-state index in [2.05, 4.69) is 29.6 Å². The molecule has 3 aliphatic rings. The fraction of sp³-hybridized carbons (Fsp3) is 0.423. The number of hydrogen-bond acceptors (Lipinski definition) is 4. The first-order valence-corrected chi connectivity index (χ1v) is 11.6. The van der Waals surface area contributed by atoms with E-state index < -0.39 is 23.6 Å². The van der Waals surface area contributed by atoms with Crippen molar-refractivity contribution in [1.29, 1.82) is 0 Å². The molecule has 0 aromatic heterocycles. The Morgan fingerprint density at radius 2 is 1.70 bits per heavy atom. The summed E-state index contributed by atoms with van der Waals surface area (Å²) in [6.45, 7) is 2.14. The van der Waals surface area contributed by atoms with Crippen molar-refractivity contribution < 1.29 is 24.2 Å². The maximum absolute atomic E-state index is 13.3. The molecule has 1 saturated heterocycles. The number of aliphatic carboxylic acids is 1. The Kier molecular flexibility index (Phi) is 5.35. The third-order valence-electron chi connectivity index (χ3n) is 7.34. The standard InChI is InChI=1S/C26H28N2O5/c1-26(24(30)31)13-6-14-28(26)23(29)22(16-11-12-16)27-25(32)33-15-21-19-9-4-2-7-17(19)18-8-3-5-10-20(18)21/h2-5,7-10,16,21-22H,6,11-15H2,1H3,(H,27,32)(H,30,31)/t22?,26-/m1/s1. The molecule has 5 rings (SSSR count). The lowest BCUT2D eigenvalue weighted by Crippen LogP contribution is -2.57. The van der Waals surface area contributed by atoms with Gasteiger partial charge in [-0.15, -0.1) is 0 Å². The highest BCUT2D eigenvalue weighted by atomic mass is 16.5. The van der Waals surface area contributed by atoms with Gasteiger partial charge in [0, 0.05) is 12.5 Å². The first kappa shape index (κ1) is 21.5. The van der Waals surface area contributed by atoms with Gasteiger partial charge in [-0.25, -0.2) is 9.59 Å². The summed E-state index contributed by atoms with van der Waals surface area (Å²) in [5, 5.41) is 12.4. The lowest BCUT2D eigenvalue weighted by atomic mass is 9.98. The predicted molar refractivity (Wildman–Crippen MR) is 122 cm³/mol. The van der Waals surface area contributed by atoms with Crippen LogP contribution in [-0.4, -0.2) is 52.7 Å². The van der Waals surface area contributed by atoms with Gasteiger partial charge in [-0.05, 0) is 60.8 Å². The van der Waals surface area contributed by atoms with Crippen molar-refractivity contribution in [2.75, 3.05) is 13.2 Å². The van der Waals surface area contributed by atoms with Crippen LogP contribution < -0.4 is 5.32 Å². The zero-order valence-electron chi connectivity index (χ0n) is 18.6. The van der Waals surface area contributed by atoms with Crippen LogP contribution in [0.25, 0.3) is 11.1 Å². The SMILES string of the molecule is C[C@]1(C(=O)O)CCCN1C(=O)C(NC(=O)OCC1c2ccccc2-c2ccccc21)C1CC1. The summed E-state index contributed by atoms with van der Waals surface area (Å²) >= 11 is 0. The van der Waals surface area contributed by atoms with E-state index in [1.54, 1.807) is 6.92 Å². The highest BCUT2D eigenvalue weighted by Crippen LogP contribution is 2.44. The van der Waals surface area contributed by atoms with Crippen LogP contribution in [0, 0.1) is 5.92 Å². The monoisotopic (exact) mass is 448 g/mol. The van der Waals surface area contributed by atoms with Gasteiger partial charge < -0.3 is 20.1 Å². The fourth-order valence-electron chi connectivity index (χ4n) is 5.28. The molecule has 2 atom stereocenters. The smallest absolute Gasteiger partial charge is 0.407 e. The van der Waals surface area contributed by atoms with Crippen LogP contribution in [0.5, 0.6) is 0 Å². The van der Waals surface area contributed by atoms with Gasteiger partial charge in [-0.3, -0.25) is 4.79 Å². The van der Waals surface area contributed by atoms with Crippen LogP contribution in [0.1, 0.15) is 49.7 Å². The van der Waals surface area contributed by atoms with Gasteiger partial charge in [-0.1, -0.05) is 48.5 Å². The van der Waals surface area contributed by atoms with Crippen molar-refractivity contribution in [3.63, 3.8) is 0 Å². The first-order valence-electron chi connectivity index (χ1n) is 11.6. The minimum atomic E-state index is -1.23. The molecular weight excluding hydrogens is 420 g/mol. The van der Waals surface area contributed by atoms with Crippen molar-refractivity contribution in [2.45, 2.75) is 50.1 Å². The summed E-state index contributed by atoms with van der Waals surface area (Å²) in [6, 6.07) is 15.5. The number of rotatable bonds is 6. The minimum absolute atomic E-state index is 0.0247. The van der Waals surface area contributed by atoms with E-state index >= 15 is 0 Å². The molecule has 1 heterocycles. The Hall–Kier alpha value is -3.35. The van der Waals surface area contributed by atoms with Crippen molar-refractivity contribution in [1.82, 2.24) is 10.2 Å². The van der Waals surface area contributed by atoms with Crippen LogP contribution in [0.3, 0.4) is 0 Å². The minimum Gasteiger partial charge on any atom is -0.480 e. The topological polar surface area (TPSA) is 95.9 Å². The van der Waals surface area contributed by atoms with E-state index in [4.69, 9.17) is 4.74 Å². The molecule has 7 heteroatoms. The molecule has 0 radical (unpaired) electrons. The second kappa shape index (κ2) is 8.21. The lowest BCUT2D eigenvalue weighted by Gasteiger charge is -2.34. The van der Waals surface area contributed by atoms with Gasteiger partial charge in [0.1, 0.15) is 18.2 Å². The van der Waals surface area contributed by atoms with E-state index in [-0.39, 0.29) is 24.3 Å². The molecule has 2 aliphatic carbocycles. The zero-order valence-corrected chi connectivity index (χ0v) is 18.6. The lowest BCUT2D eigenvalue weighted by molar-refractivity contribution is -0.156. The van der Waals surface area contributed by atoms with E-state index in [0.717, 1.165) is 35.1 Å². The molecule has 2 N–H and O–H groups in total. The molecular formula is C26H28N2O5. The van der Waals surface area contributed by atoms with Gasteiger partial charge in [-0.2, -0.15) is 0 Å². The summed E-state index contributed by atoms with van der Waals surface area (Å²) in [5.74, 6) is -1.37. The van der Waals surface area contributed by atoms with Gasteiger partial charge in [0.25, 0.3) is 0 Å². The normalized spacial score (nSPS) is 22.4. The Balaban J connectivity index is 1.28. The average molecular weight is 449 g/mol. The molecule has 1 saturated carbocycles. The van der Waals surface area contributed by atoms with Crippen LogP contribution in [-0.2, 0) is 14.3 Å². The van der Waals surface area contributed by atoms with E-state index in [9.17, 15) is 19.5 Å². The van der Waals surface area contributed by atoms with Crippen LogP contribution in [0.15, 0.2) is 48.5 Å². The van der Waals surface area contributed by atoms with Crippen LogP contribution in [0.4, 0.5) is 4.79 Å². The molecule has 7 nitrogen and oxygen atoms in total. The van der Waals surface area contributed by atoms with Gasteiger partial charge in [0.05, 0.1) is 0 Å². The Bertz CT molecular complexity index is 1070. The quantitative estimate of drug-likeness (QED) is 0.701. The summed E-state index contributed by atoms with van der Waals surface area (Å²) in [4.78, 5) is 39.3. The highest BCUT2D eigenvalue weighted by molar-refractivity contribution is 5.92. The van der Waals surface area contributed by atoms with Gasteiger partial charge >= 0.3 is 12.1 Å². The number of likely N-dealkylation sites (tertiary alicyclic amines) is 1. The third-order valence-corrected chi connectivity index (χ3v) is 7.34. The van der Waals surface area contributed by atoms with Crippen molar-refractivity contribution in [3.05, 3.63) is 59.7 Å². The number of fused-ring (bicyclic) bond motifs is 3. The molecule has 33 heavy (non-hydrogen) atoms. The molecule has 2 amide bonds. The van der Waals surface area contributed by atoms with Crippen molar-refractivity contribution >= 4 is 18.0 Å². The number of carbonyl (C=O) groups excluding carboxylic acids is 2.